The fourth-order valence-corrected chi connectivity index (χ4v) is 4.21. The number of sulfonamides is 1. The van der Waals surface area contributed by atoms with Gasteiger partial charge < -0.3 is 0 Å². The first-order chi connectivity index (χ1) is 10.9. The molecule has 120 valence electrons. The van der Waals surface area contributed by atoms with Gasteiger partial charge in [0.25, 0.3) is 10.0 Å². The summed E-state index contributed by atoms with van der Waals surface area (Å²) in [7, 11) is -3.74. The quantitative estimate of drug-likeness (QED) is 0.568. The van der Waals surface area contributed by atoms with Crippen LogP contribution in [-0.4, -0.2) is 24.0 Å². The smallest absolute Gasteiger partial charge is 0.276 e. The van der Waals surface area contributed by atoms with Gasteiger partial charge in [0.05, 0.1) is 11.1 Å². The van der Waals surface area contributed by atoms with E-state index in [9.17, 15) is 8.42 Å². The van der Waals surface area contributed by atoms with Gasteiger partial charge in [-0.3, -0.25) is 4.40 Å². The molecule has 0 aliphatic carbocycles. The van der Waals surface area contributed by atoms with Gasteiger partial charge in [0.15, 0.2) is 10.1 Å². The molecule has 6 nitrogen and oxygen atoms in total. The number of nitrogens with one attached hydrogen (secondary N) is 1. The largest absolute Gasteiger partial charge is 0.288 e. The summed E-state index contributed by atoms with van der Waals surface area (Å²) in [5.74, 6) is 0. The zero-order valence-electron chi connectivity index (χ0n) is 12.3. The maximum Gasteiger partial charge on any atom is 0.276 e. The molecule has 23 heavy (non-hydrogen) atoms. The molecule has 3 rings (SSSR count). The summed E-state index contributed by atoms with van der Waals surface area (Å²) in [6.07, 6.45) is 3.14. The SMILES string of the molecule is Cc1ccc(C)c(S(=O)(=O)N/N=C\c2c(Cl)nc3sccn23)c1. The molecule has 1 aromatic carbocycles. The summed E-state index contributed by atoms with van der Waals surface area (Å²) in [6.45, 7) is 3.57. The first-order valence-electron chi connectivity index (χ1n) is 6.61. The van der Waals surface area contributed by atoms with Crippen LogP contribution in [0.2, 0.25) is 5.15 Å². The van der Waals surface area contributed by atoms with Crippen LogP contribution in [0.1, 0.15) is 16.8 Å². The highest BCUT2D eigenvalue weighted by Crippen LogP contribution is 2.20. The van der Waals surface area contributed by atoms with E-state index in [1.807, 2.05) is 18.4 Å². The van der Waals surface area contributed by atoms with E-state index in [1.54, 1.807) is 29.7 Å². The Morgan fingerprint density at radius 2 is 2.17 bits per heavy atom. The average molecular weight is 369 g/mol. The van der Waals surface area contributed by atoms with Gasteiger partial charge in [0, 0.05) is 11.6 Å². The van der Waals surface area contributed by atoms with E-state index in [1.165, 1.54) is 17.6 Å². The first kappa shape index (κ1) is 16.0. The van der Waals surface area contributed by atoms with E-state index in [4.69, 9.17) is 11.6 Å². The van der Waals surface area contributed by atoms with Crippen LogP contribution >= 0.6 is 22.9 Å². The van der Waals surface area contributed by atoms with Crippen molar-refractivity contribution in [1.82, 2.24) is 14.2 Å². The van der Waals surface area contributed by atoms with Crippen molar-refractivity contribution in [2.45, 2.75) is 18.7 Å². The third-order valence-electron chi connectivity index (χ3n) is 3.25. The zero-order chi connectivity index (χ0) is 16.6. The molecular weight excluding hydrogens is 356 g/mol. The van der Waals surface area contributed by atoms with Crippen LogP contribution in [-0.2, 0) is 10.0 Å². The molecule has 3 aromatic rings. The summed E-state index contributed by atoms with van der Waals surface area (Å²) in [4.78, 5) is 7.28. The van der Waals surface area contributed by atoms with Crippen molar-refractivity contribution in [3.8, 4) is 0 Å². The molecule has 0 aliphatic heterocycles. The molecule has 0 saturated heterocycles. The number of rotatable bonds is 4. The molecule has 0 radical (unpaired) electrons. The highest BCUT2D eigenvalue weighted by Gasteiger charge is 2.16. The number of hydrazone groups is 1. The molecule has 0 saturated carbocycles. The Labute approximate surface area is 142 Å². The number of nitrogens with zero attached hydrogens (tertiary/aromatic N) is 3. The topological polar surface area (TPSA) is 75.8 Å². The van der Waals surface area contributed by atoms with Gasteiger partial charge >= 0.3 is 0 Å². The van der Waals surface area contributed by atoms with E-state index in [0.717, 1.165) is 5.56 Å². The van der Waals surface area contributed by atoms with Crippen LogP contribution in [0.15, 0.2) is 39.8 Å². The van der Waals surface area contributed by atoms with E-state index in [2.05, 4.69) is 14.9 Å². The summed E-state index contributed by atoms with van der Waals surface area (Å²) < 4.78 is 26.4. The van der Waals surface area contributed by atoms with Crippen molar-refractivity contribution < 1.29 is 8.42 Å². The van der Waals surface area contributed by atoms with Gasteiger partial charge in [0.2, 0.25) is 0 Å². The number of benzene rings is 1. The first-order valence-corrected chi connectivity index (χ1v) is 9.36. The molecule has 0 amide bonds. The molecule has 2 aromatic heterocycles. The maximum atomic E-state index is 12.4. The molecule has 1 N–H and O–H groups in total. The lowest BCUT2D eigenvalue weighted by Crippen LogP contribution is -2.19. The van der Waals surface area contributed by atoms with Gasteiger partial charge in [-0.05, 0) is 31.0 Å². The van der Waals surface area contributed by atoms with Gasteiger partial charge in [-0.15, -0.1) is 11.3 Å². The van der Waals surface area contributed by atoms with Gasteiger partial charge in [0.1, 0.15) is 5.69 Å². The Hall–Kier alpha value is -1.90. The fourth-order valence-electron chi connectivity index (χ4n) is 2.10. The minimum atomic E-state index is -3.74. The van der Waals surface area contributed by atoms with Crippen LogP contribution < -0.4 is 4.83 Å². The zero-order valence-corrected chi connectivity index (χ0v) is 14.7. The summed E-state index contributed by atoms with van der Waals surface area (Å²) in [5.41, 5.74) is 2.03. The second-order valence-electron chi connectivity index (χ2n) is 4.97. The number of hydrogen-bond acceptors (Lipinski definition) is 5. The second kappa shape index (κ2) is 5.95. The van der Waals surface area contributed by atoms with Crippen LogP contribution in [0, 0.1) is 13.8 Å². The fraction of sp³-hybridized carbons (Fsp3) is 0.143. The molecule has 0 unspecified atom stereocenters. The number of aromatic nitrogens is 2. The van der Waals surface area contributed by atoms with E-state index < -0.39 is 10.0 Å². The van der Waals surface area contributed by atoms with Crippen molar-refractivity contribution in [2.24, 2.45) is 5.10 Å². The number of aryl methyl sites for hydroxylation is 2. The van der Waals surface area contributed by atoms with Crippen LogP contribution in [0.5, 0.6) is 0 Å². The summed E-state index contributed by atoms with van der Waals surface area (Å²) in [5, 5.41) is 5.95. The predicted octanol–water partition coefficient (Wildman–Crippen LogP) is 2.98. The summed E-state index contributed by atoms with van der Waals surface area (Å²) in [6, 6.07) is 5.23. The van der Waals surface area contributed by atoms with Crippen molar-refractivity contribution in [3.63, 3.8) is 0 Å². The van der Waals surface area contributed by atoms with Crippen molar-refractivity contribution in [2.75, 3.05) is 0 Å². The lowest BCUT2D eigenvalue weighted by molar-refractivity contribution is 0.584. The molecule has 0 fully saturated rings. The van der Waals surface area contributed by atoms with Crippen molar-refractivity contribution in [3.05, 3.63) is 51.7 Å². The number of hydrogen-bond donors (Lipinski definition) is 1. The van der Waals surface area contributed by atoms with Gasteiger partial charge in [-0.1, -0.05) is 23.7 Å². The average Bonchev–Trinajstić information content (AvgIpc) is 3.04. The minimum Gasteiger partial charge on any atom is -0.288 e. The second-order valence-corrected chi connectivity index (χ2v) is 7.83. The number of halogens is 1. The Bertz CT molecular complexity index is 1010. The van der Waals surface area contributed by atoms with Crippen molar-refractivity contribution >= 4 is 44.1 Å². The van der Waals surface area contributed by atoms with Gasteiger partial charge in [-0.25, -0.2) is 4.98 Å². The maximum absolute atomic E-state index is 12.4. The molecule has 0 bridgehead atoms. The Kier molecular flexibility index (Phi) is 4.13. The monoisotopic (exact) mass is 368 g/mol. The normalized spacial score (nSPS) is 12.3. The standard InChI is InChI=1S/C14H13ClN4O2S2/c1-9-3-4-10(2)12(7-9)23(20,21)18-16-8-11-13(15)17-14-19(11)5-6-22-14/h3-8,18H,1-2H3/b16-8-. The van der Waals surface area contributed by atoms with Crippen molar-refractivity contribution in [1.29, 1.82) is 0 Å². The molecular formula is C14H13ClN4O2S2. The molecule has 0 spiro atoms. The predicted molar refractivity (Wildman–Crippen MR) is 91.9 cm³/mol. The lowest BCUT2D eigenvalue weighted by Gasteiger charge is -2.07. The van der Waals surface area contributed by atoms with E-state index in [0.29, 0.717) is 16.2 Å². The lowest BCUT2D eigenvalue weighted by atomic mass is 10.2. The highest BCUT2D eigenvalue weighted by molar-refractivity contribution is 7.89. The third-order valence-corrected chi connectivity index (χ3v) is 5.65. The third kappa shape index (κ3) is 3.10. The van der Waals surface area contributed by atoms with Crippen LogP contribution in [0.3, 0.4) is 0 Å². The number of thiazole rings is 1. The van der Waals surface area contributed by atoms with Crippen LogP contribution in [0.4, 0.5) is 0 Å². The Balaban J connectivity index is 1.88. The molecule has 2 heterocycles. The van der Waals surface area contributed by atoms with E-state index >= 15 is 0 Å². The highest BCUT2D eigenvalue weighted by atomic mass is 35.5. The van der Waals surface area contributed by atoms with E-state index in [-0.39, 0.29) is 10.0 Å². The Morgan fingerprint density at radius 1 is 1.39 bits per heavy atom. The Morgan fingerprint density at radius 3 is 2.96 bits per heavy atom. The molecule has 0 atom stereocenters. The summed E-state index contributed by atoms with van der Waals surface area (Å²) >= 11 is 7.46. The molecule has 0 aliphatic rings. The minimum absolute atomic E-state index is 0.203. The number of fused-ring (bicyclic) bond motifs is 1. The number of imidazole rings is 1. The van der Waals surface area contributed by atoms with Gasteiger partial charge in [-0.2, -0.15) is 18.4 Å². The van der Waals surface area contributed by atoms with Crippen LogP contribution in [0.25, 0.3) is 4.96 Å². The molecule has 9 heteroatoms.